The standard InChI is InChI=1S/C16H19NO3S/c18-15(11-5-7-21-8-6-11)17-9-12-3-1-2-4-13(12)14(10-17)16(19)20/h1-4,11,14H,5-10H2,(H,19,20)/t14-/m0/s1. The van der Waals surface area contributed by atoms with Gasteiger partial charge in [0.2, 0.25) is 5.91 Å². The van der Waals surface area contributed by atoms with Crippen molar-refractivity contribution in [1.29, 1.82) is 0 Å². The first kappa shape index (κ1) is 14.4. The molecule has 0 aliphatic carbocycles. The zero-order valence-electron chi connectivity index (χ0n) is 11.8. The van der Waals surface area contributed by atoms with E-state index in [4.69, 9.17) is 0 Å². The summed E-state index contributed by atoms with van der Waals surface area (Å²) in [5, 5.41) is 9.45. The molecule has 2 aliphatic heterocycles. The molecule has 0 unspecified atom stereocenters. The van der Waals surface area contributed by atoms with E-state index in [-0.39, 0.29) is 11.8 Å². The van der Waals surface area contributed by atoms with Crippen molar-refractivity contribution in [3.63, 3.8) is 0 Å². The minimum absolute atomic E-state index is 0.0750. The van der Waals surface area contributed by atoms with E-state index in [1.165, 1.54) is 0 Å². The van der Waals surface area contributed by atoms with Gasteiger partial charge in [-0.3, -0.25) is 9.59 Å². The average molecular weight is 305 g/mol. The van der Waals surface area contributed by atoms with Gasteiger partial charge in [-0.15, -0.1) is 0 Å². The summed E-state index contributed by atoms with van der Waals surface area (Å²) in [6, 6.07) is 7.57. The van der Waals surface area contributed by atoms with Crippen LogP contribution in [0.4, 0.5) is 0 Å². The van der Waals surface area contributed by atoms with Gasteiger partial charge in [-0.25, -0.2) is 0 Å². The van der Waals surface area contributed by atoms with E-state index >= 15 is 0 Å². The molecule has 0 spiro atoms. The molecule has 0 bridgehead atoms. The van der Waals surface area contributed by atoms with E-state index in [1.54, 1.807) is 4.90 Å². The molecular weight excluding hydrogens is 286 g/mol. The van der Waals surface area contributed by atoms with Crippen LogP contribution in [-0.2, 0) is 16.1 Å². The predicted molar refractivity (Wildman–Crippen MR) is 82.3 cm³/mol. The SMILES string of the molecule is O=C(O)[C@H]1CN(C(=O)C2CCSCC2)Cc2ccccc21. The van der Waals surface area contributed by atoms with Gasteiger partial charge in [0.25, 0.3) is 0 Å². The highest BCUT2D eigenvalue weighted by Crippen LogP contribution is 2.31. The van der Waals surface area contributed by atoms with Gasteiger partial charge < -0.3 is 10.0 Å². The second-order valence-electron chi connectivity index (χ2n) is 5.70. The van der Waals surface area contributed by atoms with Crippen LogP contribution in [0, 0.1) is 5.92 Å². The van der Waals surface area contributed by atoms with E-state index < -0.39 is 11.9 Å². The number of carboxylic acid groups (broad SMARTS) is 1. The summed E-state index contributed by atoms with van der Waals surface area (Å²) >= 11 is 1.89. The quantitative estimate of drug-likeness (QED) is 0.911. The van der Waals surface area contributed by atoms with Gasteiger partial charge >= 0.3 is 5.97 Å². The first-order valence-corrected chi connectivity index (χ1v) is 8.49. The summed E-state index contributed by atoms with van der Waals surface area (Å²) < 4.78 is 0. The zero-order valence-corrected chi connectivity index (χ0v) is 12.6. The molecule has 4 nitrogen and oxygen atoms in total. The lowest BCUT2D eigenvalue weighted by atomic mass is 9.88. The summed E-state index contributed by atoms with van der Waals surface area (Å²) in [5.41, 5.74) is 1.82. The van der Waals surface area contributed by atoms with Crippen molar-refractivity contribution < 1.29 is 14.7 Å². The number of carbonyl (C=O) groups is 2. The Bertz CT molecular complexity index is 554. The smallest absolute Gasteiger partial charge is 0.312 e. The number of carbonyl (C=O) groups excluding carboxylic acids is 1. The van der Waals surface area contributed by atoms with Gasteiger partial charge in [-0.1, -0.05) is 24.3 Å². The number of rotatable bonds is 2. The fourth-order valence-corrected chi connectivity index (χ4v) is 4.30. The number of benzene rings is 1. The largest absolute Gasteiger partial charge is 0.481 e. The molecule has 2 aliphatic rings. The van der Waals surface area contributed by atoms with Gasteiger partial charge in [0, 0.05) is 19.0 Å². The maximum Gasteiger partial charge on any atom is 0.312 e. The number of carboxylic acids is 1. The number of aliphatic carboxylic acids is 1. The van der Waals surface area contributed by atoms with Crippen molar-refractivity contribution in [3.05, 3.63) is 35.4 Å². The number of nitrogens with zero attached hydrogens (tertiary/aromatic N) is 1. The Balaban J connectivity index is 1.82. The fraction of sp³-hybridized carbons (Fsp3) is 0.500. The Morgan fingerprint density at radius 3 is 2.62 bits per heavy atom. The molecule has 0 saturated carbocycles. The molecule has 1 aromatic carbocycles. The maximum absolute atomic E-state index is 12.7. The third-order valence-corrected chi connectivity index (χ3v) is 5.42. The Morgan fingerprint density at radius 2 is 1.90 bits per heavy atom. The number of amides is 1. The van der Waals surface area contributed by atoms with Crippen LogP contribution in [0.5, 0.6) is 0 Å². The van der Waals surface area contributed by atoms with Gasteiger partial charge in [0.15, 0.2) is 0 Å². The Kier molecular flexibility index (Phi) is 4.19. The topological polar surface area (TPSA) is 57.6 Å². The van der Waals surface area contributed by atoms with E-state index in [0.717, 1.165) is 35.5 Å². The van der Waals surface area contributed by atoms with Crippen LogP contribution in [0.1, 0.15) is 29.9 Å². The van der Waals surface area contributed by atoms with Crippen molar-refractivity contribution in [3.8, 4) is 0 Å². The second-order valence-corrected chi connectivity index (χ2v) is 6.92. The summed E-state index contributed by atoms with van der Waals surface area (Å²) in [5.74, 6) is 0.824. The number of hydrogen-bond donors (Lipinski definition) is 1. The van der Waals surface area contributed by atoms with E-state index in [1.807, 2.05) is 36.0 Å². The lowest BCUT2D eigenvalue weighted by molar-refractivity contribution is -0.142. The van der Waals surface area contributed by atoms with Crippen LogP contribution in [0.3, 0.4) is 0 Å². The lowest BCUT2D eigenvalue weighted by Crippen LogP contribution is -2.44. The van der Waals surface area contributed by atoms with Gasteiger partial charge in [-0.2, -0.15) is 11.8 Å². The van der Waals surface area contributed by atoms with Gasteiger partial charge in [0.1, 0.15) is 0 Å². The number of fused-ring (bicyclic) bond motifs is 1. The molecule has 112 valence electrons. The van der Waals surface area contributed by atoms with E-state index in [2.05, 4.69) is 0 Å². The molecule has 0 radical (unpaired) electrons. The molecular formula is C16H19NO3S. The minimum Gasteiger partial charge on any atom is -0.481 e. The van der Waals surface area contributed by atoms with Crippen LogP contribution in [0.25, 0.3) is 0 Å². The molecule has 5 heteroatoms. The van der Waals surface area contributed by atoms with Crippen LogP contribution in [-0.4, -0.2) is 39.9 Å². The highest BCUT2D eigenvalue weighted by Gasteiger charge is 2.35. The highest BCUT2D eigenvalue weighted by molar-refractivity contribution is 7.99. The number of thioether (sulfide) groups is 1. The van der Waals surface area contributed by atoms with Crippen molar-refractivity contribution in [2.24, 2.45) is 5.92 Å². The molecule has 1 saturated heterocycles. The fourth-order valence-electron chi connectivity index (χ4n) is 3.19. The summed E-state index contributed by atoms with van der Waals surface area (Å²) in [4.78, 5) is 25.9. The van der Waals surface area contributed by atoms with Crippen LogP contribution < -0.4 is 0 Å². The third-order valence-electron chi connectivity index (χ3n) is 4.37. The van der Waals surface area contributed by atoms with Crippen molar-refractivity contribution in [2.45, 2.75) is 25.3 Å². The maximum atomic E-state index is 12.7. The Hall–Kier alpha value is -1.49. The second kappa shape index (κ2) is 6.10. The van der Waals surface area contributed by atoms with Crippen LogP contribution in [0.2, 0.25) is 0 Å². The summed E-state index contributed by atoms with van der Waals surface area (Å²) in [6.45, 7) is 0.844. The van der Waals surface area contributed by atoms with E-state index in [9.17, 15) is 14.7 Å². The molecule has 1 aromatic rings. The average Bonchev–Trinajstić information content (AvgIpc) is 2.53. The van der Waals surface area contributed by atoms with Crippen molar-refractivity contribution in [2.75, 3.05) is 18.1 Å². The van der Waals surface area contributed by atoms with Crippen molar-refractivity contribution in [1.82, 2.24) is 4.90 Å². The summed E-state index contributed by atoms with van der Waals surface area (Å²) in [7, 11) is 0. The first-order chi connectivity index (χ1) is 10.2. The molecule has 21 heavy (non-hydrogen) atoms. The first-order valence-electron chi connectivity index (χ1n) is 7.34. The highest BCUT2D eigenvalue weighted by atomic mass is 32.2. The normalized spacial score (nSPS) is 22.7. The number of hydrogen-bond acceptors (Lipinski definition) is 3. The molecule has 1 fully saturated rings. The van der Waals surface area contributed by atoms with Crippen LogP contribution >= 0.6 is 11.8 Å². The lowest BCUT2D eigenvalue weighted by Gasteiger charge is -2.35. The molecule has 3 rings (SSSR count). The zero-order chi connectivity index (χ0) is 14.8. The molecule has 2 heterocycles. The third kappa shape index (κ3) is 2.93. The van der Waals surface area contributed by atoms with Crippen LogP contribution in [0.15, 0.2) is 24.3 Å². The molecule has 1 atom stereocenters. The predicted octanol–water partition coefficient (Wildman–Crippen LogP) is 2.34. The molecule has 0 aromatic heterocycles. The Labute approximate surface area is 128 Å². The minimum atomic E-state index is -0.848. The van der Waals surface area contributed by atoms with Crippen molar-refractivity contribution >= 4 is 23.6 Å². The van der Waals surface area contributed by atoms with Gasteiger partial charge in [0.05, 0.1) is 5.92 Å². The Morgan fingerprint density at radius 1 is 1.19 bits per heavy atom. The van der Waals surface area contributed by atoms with E-state index in [0.29, 0.717) is 13.1 Å². The summed E-state index contributed by atoms with van der Waals surface area (Å²) in [6.07, 6.45) is 1.83. The van der Waals surface area contributed by atoms with Gasteiger partial charge in [-0.05, 0) is 35.5 Å². The molecule has 1 N–H and O–H groups in total. The molecule has 1 amide bonds. The monoisotopic (exact) mass is 305 g/mol.